The van der Waals surface area contributed by atoms with Crippen LogP contribution in [0.2, 0.25) is 0 Å². The molecule has 2 aliphatic rings. The van der Waals surface area contributed by atoms with Crippen molar-refractivity contribution in [3.05, 3.63) is 35.4 Å². The van der Waals surface area contributed by atoms with Gasteiger partial charge in [0.2, 0.25) is 5.91 Å². The Hall–Kier alpha value is -2.12. The van der Waals surface area contributed by atoms with E-state index in [0.717, 1.165) is 23.3 Å². The summed E-state index contributed by atoms with van der Waals surface area (Å²) in [7, 11) is 0. The quantitative estimate of drug-likeness (QED) is 0.768. The fourth-order valence-corrected chi connectivity index (χ4v) is 3.31. The van der Waals surface area contributed by atoms with Crippen LogP contribution >= 0.6 is 12.4 Å². The zero-order chi connectivity index (χ0) is 18.2. The van der Waals surface area contributed by atoms with E-state index in [0.29, 0.717) is 18.7 Å². The molecule has 0 aliphatic carbocycles. The molecule has 1 aromatic carbocycles. The molecule has 2 fully saturated rings. The number of nitrogens with zero attached hydrogens (tertiary/aromatic N) is 2. The molecule has 2 aliphatic heterocycles. The lowest BCUT2D eigenvalue weighted by atomic mass is 9.91. The maximum atomic E-state index is 12.8. The van der Waals surface area contributed by atoms with Gasteiger partial charge in [-0.15, -0.1) is 12.4 Å². The van der Waals surface area contributed by atoms with E-state index in [4.69, 9.17) is 5.73 Å². The summed E-state index contributed by atoms with van der Waals surface area (Å²) in [4.78, 5) is 40.3. The van der Waals surface area contributed by atoms with Crippen LogP contribution in [0, 0.1) is 6.92 Å². The van der Waals surface area contributed by atoms with Crippen molar-refractivity contribution in [3.8, 4) is 0 Å². The lowest BCUT2D eigenvalue weighted by molar-refractivity contribution is -0.139. The summed E-state index contributed by atoms with van der Waals surface area (Å²) in [5, 5.41) is 2.73. The molecule has 4 amide bonds. The number of halogens is 1. The van der Waals surface area contributed by atoms with E-state index in [1.54, 1.807) is 11.8 Å². The van der Waals surface area contributed by atoms with Crippen LogP contribution in [0.15, 0.2) is 24.3 Å². The molecule has 0 spiro atoms. The molecule has 1 unspecified atom stereocenters. The number of hydrogen-bond donors (Lipinski definition) is 2. The topological polar surface area (TPSA) is 95.7 Å². The van der Waals surface area contributed by atoms with Gasteiger partial charge in [-0.1, -0.05) is 29.8 Å². The Balaban J connectivity index is 0.00000243. The standard InChI is InChI=1S/C18H24N4O3.ClH/c1-12-3-5-13(6-4-12)18(2)16(24)22(17(25)20-18)11-15(23)21-9-7-14(19)8-10-21;/h3-6,14H,7-11,19H2,1-2H3,(H,20,25);1H. The third-order valence-electron chi connectivity index (χ3n) is 5.09. The molecule has 0 bridgehead atoms. The number of hydrogen-bond acceptors (Lipinski definition) is 4. The van der Waals surface area contributed by atoms with Crippen LogP contribution in [0.3, 0.4) is 0 Å². The molecular weight excluding hydrogens is 356 g/mol. The predicted octanol–water partition coefficient (Wildman–Crippen LogP) is 1.13. The van der Waals surface area contributed by atoms with Gasteiger partial charge in [0.1, 0.15) is 12.1 Å². The number of rotatable bonds is 3. The second-order valence-electron chi connectivity index (χ2n) is 7.03. The molecule has 7 nitrogen and oxygen atoms in total. The molecule has 0 saturated carbocycles. The minimum Gasteiger partial charge on any atom is -0.341 e. The fourth-order valence-electron chi connectivity index (χ4n) is 3.31. The third-order valence-corrected chi connectivity index (χ3v) is 5.09. The highest BCUT2D eigenvalue weighted by Crippen LogP contribution is 2.29. The number of carbonyl (C=O) groups excluding carboxylic acids is 3. The van der Waals surface area contributed by atoms with Crippen LogP contribution in [0.5, 0.6) is 0 Å². The fraction of sp³-hybridized carbons (Fsp3) is 0.500. The smallest absolute Gasteiger partial charge is 0.325 e. The van der Waals surface area contributed by atoms with Crippen molar-refractivity contribution < 1.29 is 14.4 Å². The van der Waals surface area contributed by atoms with Crippen LogP contribution in [0.1, 0.15) is 30.9 Å². The molecule has 0 aromatic heterocycles. The average molecular weight is 381 g/mol. The lowest BCUT2D eigenvalue weighted by Gasteiger charge is -2.31. The van der Waals surface area contributed by atoms with Gasteiger partial charge >= 0.3 is 6.03 Å². The van der Waals surface area contributed by atoms with Gasteiger partial charge in [-0.3, -0.25) is 14.5 Å². The van der Waals surface area contributed by atoms with Gasteiger partial charge in [0.05, 0.1) is 0 Å². The first kappa shape index (κ1) is 20.2. The maximum absolute atomic E-state index is 12.8. The lowest BCUT2D eigenvalue weighted by Crippen LogP contribution is -2.48. The van der Waals surface area contributed by atoms with E-state index in [9.17, 15) is 14.4 Å². The highest BCUT2D eigenvalue weighted by Gasteiger charge is 2.49. The second-order valence-corrected chi connectivity index (χ2v) is 7.03. The summed E-state index contributed by atoms with van der Waals surface area (Å²) in [6, 6.07) is 7.02. The summed E-state index contributed by atoms with van der Waals surface area (Å²) in [5.74, 6) is -0.619. The van der Waals surface area contributed by atoms with Gasteiger partial charge in [-0.05, 0) is 32.3 Å². The zero-order valence-corrected chi connectivity index (χ0v) is 15.8. The second kappa shape index (κ2) is 7.63. The van der Waals surface area contributed by atoms with Gasteiger partial charge in [-0.2, -0.15) is 0 Å². The molecule has 142 valence electrons. The molecule has 2 heterocycles. The molecule has 0 radical (unpaired) electrons. The van der Waals surface area contributed by atoms with Crippen molar-refractivity contribution in [1.29, 1.82) is 0 Å². The number of likely N-dealkylation sites (tertiary alicyclic amines) is 1. The average Bonchev–Trinajstić information content (AvgIpc) is 2.80. The minimum atomic E-state index is -1.14. The van der Waals surface area contributed by atoms with E-state index in [2.05, 4.69) is 5.32 Å². The number of benzene rings is 1. The Labute approximate surface area is 159 Å². The number of imide groups is 1. The van der Waals surface area contributed by atoms with Gasteiger partial charge in [-0.25, -0.2) is 4.79 Å². The summed E-state index contributed by atoms with van der Waals surface area (Å²) < 4.78 is 0. The van der Waals surface area contributed by atoms with Crippen molar-refractivity contribution >= 4 is 30.3 Å². The zero-order valence-electron chi connectivity index (χ0n) is 15.0. The molecule has 8 heteroatoms. The first-order valence-electron chi connectivity index (χ1n) is 8.56. The molecular formula is C18H25ClN4O3. The van der Waals surface area contributed by atoms with E-state index in [1.807, 2.05) is 31.2 Å². The molecule has 3 N–H and O–H groups in total. The number of urea groups is 1. The minimum absolute atomic E-state index is 0. The molecule has 26 heavy (non-hydrogen) atoms. The summed E-state index contributed by atoms with van der Waals surface area (Å²) >= 11 is 0. The van der Waals surface area contributed by atoms with Crippen molar-refractivity contribution in [3.63, 3.8) is 0 Å². The monoisotopic (exact) mass is 380 g/mol. The van der Waals surface area contributed by atoms with Crippen molar-refractivity contribution in [2.24, 2.45) is 5.73 Å². The third kappa shape index (κ3) is 3.68. The first-order valence-corrected chi connectivity index (χ1v) is 8.56. The molecule has 2 saturated heterocycles. The van der Waals surface area contributed by atoms with Gasteiger partial charge in [0.25, 0.3) is 5.91 Å². The SMILES string of the molecule is Cc1ccc(C2(C)NC(=O)N(CC(=O)N3CCC(N)CC3)C2=O)cc1.Cl. The van der Waals surface area contributed by atoms with E-state index < -0.39 is 17.5 Å². The van der Waals surface area contributed by atoms with Crippen LogP contribution in [0.4, 0.5) is 4.79 Å². The molecule has 1 aromatic rings. The van der Waals surface area contributed by atoms with Crippen molar-refractivity contribution in [2.75, 3.05) is 19.6 Å². The van der Waals surface area contributed by atoms with Crippen molar-refractivity contribution in [1.82, 2.24) is 15.1 Å². The van der Waals surface area contributed by atoms with E-state index in [1.165, 1.54) is 0 Å². The van der Waals surface area contributed by atoms with Crippen LogP contribution in [-0.2, 0) is 15.1 Å². The highest BCUT2D eigenvalue weighted by atomic mass is 35.5. The van der Waals surface area contributed by atoms with Crippen LogP contribution < -0.4 is 11.1 Å². The summed E-state index contributed by atoms with van der Waals surface area (Å²) in [6.07, 6.45) is 1.49. The molecule has 3 rings (SSSR count). The Morgan fingerprint density at radius 2 is 1.81 bits per heavy atom. The number of amides is 4. The Kier molecular flexibility index (Phi) is 5.93. The van der Waals surface area contributed by atoms with Crippen molar-refractivity contribution in [2.45, 2.75) is 38.3 Å². The summed E-state index contributed by atoms with van der Waals surface area (Å²) in [6.45, 7) is 4.53. The van der Waals surface area contributed by atoms with Gasteiger partial charge in [0, 0.05) is 19.1 Å². The highest BCUT2D eigenvalue weighted by molar-refractivity contribution is 6.09. The Morgan fingerprint density at radius 1 is 1.23 bits per heavy atom. The number of carbonyl (C=O) groups is 3. The number of nitrogens with two attached hydrogens (primary N) is 1. The van der Waals surface area contributed by atoms with E-state index >= 15 is 0 Å². The van der Waals surface area contributed by atoms with Gasteiger partial charge in [0.15, 0.2) is 0 Å². The number of aryl methyl sites for hydroxylation is 1. The Bertz CT molecular complexity index is 701. The number of nitrogens with one attached hydrogen (secondary N) is 1. The maximum Gasteiger partial charge on any atom is 0.325 e. The number of piperidine rings is 1. The van der Waals surface area contributed by atoms with E-state index in [-0.39, 0.29) is 30.9 Å². The Morgan fingerprint density at radius 3 is 2.38 bits per heavy atom. The summed E-state index contributed by atoms with van der Waals surface area (Å²) in [5.41, 5.74) is 6.48. The normalized spacial score (nSPS) is 23.7. The predicted molar refractivity (Wildman–Crippen MR) is 99.8 cm³/mol. The largest absolute Gasteiger partial charge is 0.341 e. The van der Waals surface area contributed by atoms with Crippen LogP contribution in [-0.4, -0.2) is 53.3 Å². The van der Waals surface area contributed by atoms with Gasteiger partial charge < -0.3 is 16.0 Å². The molecule has 1 atom stereocenters. The van der Waals surface area contributed by atoms with Crippen LogP contribution in [0.25, 0.3) is 0 Å². The first-order chi connectivity index (χ1) is 11.8.